The molecule has 0 unspecified atom stereocenters. The highest BCUT2D eigenvalue weighted by molar-refractivity contribution is 7.98. The van der Waals surface area contributed by atoms with Crippen molar-refractivity contribution < 1.29 is 9.18 Å². The van der Waals surface area contributed by atoms with Crippen molar-refractivity contribution in [2.45, 2.75) is 17.3 Å². The summed E-state index contributed by atoms with van der Waals surface area (Å²) in [5.41, 5.74) is 8.68. The third-order valence-electron chi connectivity index (χ3n) is 4.63. The van der Waals surface area contributed by atoms with Gasteiger partial charge in [0, 0.05) is 23.4 Å². The number of primary amides is 1. The molecule has 0 atom stereocenters. The van der Waals surface area contributed by atoms with Gasteiger partial charge in [0.1, 0.15) is 11.6 Å². The summed E-state index contributed by atoms with van der Waals surface area (Å²) in [6, 6.07) is 23.4. The lowest BCUT2D eigenvalue weighted by Crippen LogP contribution is -2.13. The lowest BCUT2D eigenvalue weighted by Gasteiger charge is -2.11. The second-order valence-corrected chi connectivity index (χ2v) is 7.63. The van der Waals surface area contributed by atoms with Crippen LogP contribution in [0.25, 0.3) is 5.69 Å². The Morgan fingerprint density at radius 1 is 0.933 bits per heavy atom. The van der Waals surface area contributed by atoms with E-state index in [4.69, 9.17) is 5.73 Å². The Labute approximate surface area is 177 Å². The fourth-order valence-corrected chi connectivity index (χ4v) is 4.14. The number of thioether (sulfide) groups is 1. The molecule has 30 heavy (non-hydrogen) atoms. The number of amides is 1. The zero-order valence-electron chi connectivity index (χ0n) is 16.0. The molecule has 1 aromatic heterocycles. The van der Waals surface area contributed by atoms with Crippen LogP contribution in [0.4, 0.5) is 4.39 Å². The summed E-state index contributed by atoms with van der Waals surface area (Å²) in [5.74, 6) is 0.486. The van der Waals surface area contributed by atoms with E-state index in [1.807, 2.05) is 47.0 Å². The van der Waals surface area contributed by atoms with Crippen molar-refractivity contribution in [2.24, 2.45) is 5.73 Å². The molecule has 0 saturated heterocycles. The molecule has 150 valence electrons. The molecule has 0 fully saturated rings. The van der Waals surface area contributed by atoms with Crippen molar-refractivity contribution in [3.05, 3.63) is 107 Å². The fourth-order valence-electron chi connectivity index (χ4n) is 3.17. The van der Waals surface area contributed by atoms with Gasteiger partial charge in [-0.05, 0) is 41.5 Å². The van der Waals surface area contributed by atoms with Crippen molar-refractivity contribution in [3.8, 4) is 5.69 Å². The van der Waals surface area contributed by atoms with Crippen molar-refractivity contribution in [2.75, 3.05) is 0 Å². The molecular formula is C23H19FN4OS. The third-order valence-corrected chi connectivity index (χ3v) is 5.61. The van der Waals surface area contributed by atoms with Crippen molar-refractivity contribution in [3.63, 3.8) is 0 Å². The van der Waals surface area contributed by atoms with Crippen LogP contribution >= 0.6 is 11.8 Å². The number of carbonyl (C=O) groups is 1. The highest BCUT2D eigenvalue weighted by Gasteiger charge is 2.16. The van der Waals surface area contributed by atoms with Crippen LogP contribution in [-0.2, 0) is 12.2 Å². The van der Waals surface area contributed by atoms with Crippen LogP contribution in [0, 0.1) is 5.82 Å². The maximum Gasteiger partial charge on any atom is 0.249 e. The second-order valence-electron chi connectivity index (χ2n) is 6.68. The van der Waals surface area contributed by atoms with E-state index in [1.165, 1.54) is 23.9 Å². The minimum Gasteiger partial charge on any atom is -0.366 e. The highest BCUT2D eigenvalue weighted by atomic mass is 32.2. The molecule has 4 rings (SSSR count). The number of carbonyl (C=O) groups excluding carboxylic acids is 1. The Hall–Kier alpha value is -3.45. The van der Waals surface area contributed by atoms with Crippen LogP contribution in [0.5, 0.6) is 0 Å². The number of benzene rings is 3. The molecule has 1 amide bonds. The summed E-state index contributed by atoms with van der Waals surface area (Å²) in [6.07, 6.45) is 0.587. The molecule has 0 aliphatic heterocycles. The number of hydrogen-bond donors (Lipinski definition) is 1. The summed E-state index contributed by atoms with van der Waals surface area (Å²) < 4.78 is 15.4. The largest absolute Gasteiger partial charge is 0.366 e. The Kier molecular flexibility index (Phi) is 5.90. The zero-order valence-corrected chi connectivity index (χ0v) is 16.8. The van der Waals surface area contributed by atoms with E-state index in [2.05, 4.69) is 10.2 Å². The van der Waals surface area contributed by atoms with Gasteiger partial charge in [0.05, 0.1) is 0 Å². The molecule has 0 aliphatic carbocycles. The Morgan fingerprint density at radius 2 is 1.63 bits per heavy atom. The quantitative estimate of drug-likeness (QED) is 0.452. The van der Waals surface area contributed by atoms with Gasteiger partial charge in [-0.2, -0.15) is 0 Å². The average molecular weight is 418 g/mol. The van der Waals surface area contributed by atoms with Crippen LogP contribution in [-0.4, -0.2) is 20.7 Å². The van der Waals surface area contributed by atoms with Crippen LogP contribution < -0.4 is 5.73 Å². The third kappa shape index (κ3) is 4.41. The maximum absolute atomic E-state index is 13.5. The first-order chi connectivity index (χ1) is 14.6. The van der Waals surface area contributed by atoms with Crippen molar-refractivity contribution >= 4 is 17.7 Å². The smallest absolute Gasteiger partial charge is 0.249 e. The molecule has 0 aliphatic rings. The molecule has 0 bridgehead atoms. The molecule has 7 heteroatoms. The minimum absolute atomic E-state index is 0.305. The Balaban J connectivity index is 1.67. The van der Waals surface area contributed by atoms with Gasteiger partial charge in [-0.3, -0.25) is 9.36 Å². The molecule has 4 aromatic rings. The van der Waals surface area contributed by atoms with E-state index in [0.717, 1.165) is 22.6 Å². The summed E-state index contributed by atoms with van der Waals surface area (Å²) in [7, 11) is 0. The van der Waals surface area contributed by atoms with Crippen LogP contribution in [0.3, 0.4) is 0 Å². The minimum atomic E-state index is -0.462. The molecule has 5 nitrogen and oxygen atoms in total. The molecule has 1 heterocycles. The van der Waals surface area contributed by atoms with Gasteiger partial charge in [0.2, 0.25) is 5.91 Å². The molecule has 2 N–H and O–H groups in total. The van der Waals surface area contributed by atoms with Gasteiger partial charge < -0.3 is 5.73 Å². The lowest BCUT2D eigenvalue weighted by atomic mass is 10.1. The number of nitrogens with two attached hydrogens (primary N) is 1. The van der Waals surface area contributed by atoms with E-state index < -0.39 is 5.91 Å². The van der Waals surface area contributed by atoms with Crippen LogP contribution in [0.1, 0.15) is 27.3 Å². The lowest BCUT2D eigenvalue weighted by molar-refractivity contribution is 0.0999. The van der Waals surface area contributed by atoms with Crippen molar-refractivity contribution in [1.29, 1.82) is 0 Å². The monoisotopic (exact) mass is 418 g/mol. The van der Waals surface area contributed by atoms with Gasteiger partial charge in [-0.15, -0.1) is 10.2 Å². The first-order valence-electron chi connectivity index (χ1n) is 9.36. The van der Waals surface area contributed by atoms with Gasteiger partial charge in [-0.25, -0.2) is 4.39 Å². The molecule has 0 saturated carbocycles. The fraction of sp³-hybridized carbons (Fsp3) is 0.0870. The summed E-state index contributed by atoms with van der Waals surface area (Å²) in [5, 5.41) is 9.41. The zero-order chi connectivity index (χ0) is 20.9. The molecule has 3 aromatic carbocycles. The number of nitrogens with zero attached hydrogens (tertiary/aromatic N) is 3. The Morgan fingerprint density at radius 3 is 2.37 bits per heavy atom. The number of halogens is 1. The summed E-state index contributed by atoms with van der Waals surface area (Å²) >= 11 is 1.45. The summed E-state index contributed by atoms with van der Waals surface area (Å²) in [6.45, 7) is 0. The predicted molar refractivity (Wildman–Crippen MR) is 115 cm³/mol. The molecular weight excluding hydrogens is 399 g/mol. The van der Waals surface area contributed by atoms with E-state index >= 15 is 0 Å². The first-order valence-corrected chi connectivity index (χ1v) is 10.3. The SMILES string of the molecule is NC(=O)c1ccccc1CSc1nnc(Cc2ccccc2)n1-c1ccc(F)cc1. The van der Waals surface area contributed by atoms with Crippen molar-refractivity contribution in [1.82, 2.24) is 14.8 Å². The first kappa shape index (κ1) is 19.8. The molecule has 0 radical (unpaired) electrons. The highest BCUT2D eigenvalue weighted by Crippen LogP contribution is 2.27. The average Bonchev–Trinajstić information content (AvgIpc) is 3.16. The standard InChI is InChI=1S/C23H19FN4OS/c24-18-10-12-19(13-11-18)28-21(14-16-6-2-1-3-7-16)26-27-23(28)30-15-17-8-4-5-9-20(17)22(25)29/h1-13H,14-15H2,(H2,25,29). The topological polar surface area (TPSA) is 73.8 Å². The van der Waals surface area contributed by atoms with Crippen LogP contribution in [0.2, 0.25) is 0 Å². The van der Waals surface area contributed by atoms with E-state index in [9.17, 15) is 9.18 Å². The normalized spacial score (nSPS) is 10.8. The Bertz CT molecular complexity index is 1160. The number of aromatic nitrogens is 3. The molecule has 0 spiro atoms. The maximum atomic E-state index is 13.5. The van der Waals surface area contributed by atoms with Gasteiger partial charge in [0.25, 0.3) is 0 Å². The van der Waals surface area contributed by atoms with E-state index in [1.54, 1.807) is 24.3 Å². The number of rotatable bonds is 7. The van der Waals surface area contributed by atoms with Gasteiger partial charge in [-0.1, -0.05) is 60.3 Å². The van der Waals surface area contributed by atoms with Crippen LogP contribution in [0.15, 0.2) is 84.0 Å². The van der Waals surface area contributed by atoms with Gasteiger partial charge in [0.15, 0.2) is 5.16 Å². The predicted octanol–water partition coefficient (Wildman–Crippen LogP) is 4.39. The van der Waals surface area contributed by atoms with E-state index in [-0.39, 0.29) is 5.82 Å². The second kappa shape index (κ2) is 8.92. The number of hydrogen-bond acceptors (Lipinski definition) is 4. The van der Waals surface area contributed by atoms with Gasteiger partial charge >= 0.3 is 0 Å². The van der Waals surface area contributed by atoms with E-state index in [0.29, 0.717) is 22.9 Å². The summed E-state index contributed by atoms with van der Waals surface area (Å²) in [4.78, 5) is 11.7.